The lowest BCUT2D eigenvalue weighted by molar-refractivity contribution is 0.524. The molecule has 0 fully saturated rings. The Morgan fingerprint density at radius 1 is 1.20 bits per heavy atom. The van der Waals surface area contributed by atoms with Crippen LogP contribution in [0.2, 0.25) is 5.02 Å². The summed E-state index contributed by atoms with van der Waals surface area (Å²) in [6, 6.07) is 17.7. The summed E-state index contributed by atoms with van der Waals surface area (Å²) in [5.41, 5.74) is 3.88. The van der Waals surface area contributed by atoms with Crippen LogP contribution in [0.1, 0.15) is 30.2 Å². The van der Waals surface area contributed by atoms with Gasteiger partial charge in [0.05, 0.1) is 23.7 Å². The number of hydrogen-bond donors (Lipinski definition) is 2. The predicted molar refractivity (Wildman–Crippen MR) is 121 cm³/mol. The zero-order chi connectivity index (χ0) is 21.2. The van der Waals surface area contributed by atoms with Gasteiger partial charge in [-0.2, -0.15) is 5.26 Å². The number of aromatic nitrogens is 2. The molecule has 2 aromatic carbocycles. The molecule has 0 radical (unpaired) electrons. The second-order valence-electron chi connectivity index (χ2n) is 6.92. The van der Waals surface area contributed by atoms with Crippen LogP contribution in [0.15, 0.2) is 61.1 Å². The molecule has 6 heteroatoms. The number of nitriles is 1. The normalized spacial score (nSPS) is 11.2. The van der Waals surface area contributed by atoms with Gasteiger partial charge in [-0.3, -0.25) is 0 Å². The van der Waals surface area contributed by atoms with Gasteiger partial charge in [0.2, 0.25) is 0 Å². The van der Waals surface area contributed by atoms with E-state index in [4.69, 9.17) is 16.9 Å². The Hall–Kier alpha value is -3.25. The largest absolute Gasteiger partial charge is 0.383 e. The van der Waals surface area contributed by atoms with Crippen LogP contribution < -0.4 is 10.6 Å². The van der Waals surface area contributed by atoms with Crippen LogP contribution in [0.5, 0.6) is 0 Å². The third kappa shape index (κ3) is 6.39. The molecule has 1 unspecified atom stereocenters. The van der Waals surface area contributed by atoms with E-state index in [0.717, 1.165) is 29.9 Å². The molecule has 0 aliphatic rings. The van der Waals surface area contributed by atoms with Gasteiger partial charge in [0.25, 0.3) is 0 Å². The highest BCUT2D eigenvalue weighted by Crippen LogP contribution is 2.15. The van der Waals surface area contributed by atoms with Crippen LogP contribution in [0.3, 0.4) is 0 Å². The summed E-state index contributed by atoms with van der Waals surface area (Å²) in [6.07, 6.45) is 4.46. The maximum atomic E-state index is 8.95. The van der Waals surface area contributed by atoms with E-state index in [1.807, 2.05) is 68.0 Å². The molecule has 3 aromatic rings. The van der Waals surface area contributed by atoms with E-state index in [2.05, 4.69) is 38.1 Å². The van der Waals surface area contributed by atoms with E-state index < -0.39 is 0 Å². The van der Waals surface area contributed by atoms with E-state index >= 15 is 0 Å². The van der Waals surface area contributed by atoms with Crippen LogP contribution in [0.25, 0.3) is 0 Å². The Morgan fingerprint density at radius 3 is 2.77 bits per heavy atom. The summed E-state index contributed by atoms with van der Waals surface area (Å²) in [7, 11) is 0. The predicted octanol–water partition coefficient (Wildman–Crippen LogP) is 4.44. The number of benzene rings is 2. The van der Waals surface area contributed by atoms with Crippen molar-refractivity contribution in [2.75, 3.05) is 11.9 Å². The van der Waals surface area contributed by atoms with E-state index in [9.17, 15) is 0 Å². The van der Waals surface area contributed by atoms with Gasteiger partial charge in [-0.1, -0.05) is 29.8 Å². The first-order chi connectivity index (χ1) is 14.7. The monoisotopic (exact) mass is 417 g/mol. The highest BCUT2D eigenvalue weighted by atomic mass is 35.5. The topological polar surface area (TPSA) is 65.7 Å². The minimum absolute atomic E-state index is 0.176. The van der Waals surface area contributed by atoms with E-state index in [1.54, 1.807) is 0 Å². The highest BCUT2D eigenvalue weighted by molar-refractivity contribution is 6.30. The molecule has 0 amide bonds. The Morgan fingerprint density at radius 2 is 2.03 bits per heavy atom. The van der Waals surface area contributed by atoms with E-state index in [1.165, 1.54) is 0 Å². The van der Waals surface area contributed by atoms with Crippen LogP contribution in [0.4, 0.5) is 5.69 Å². The van der Waals surface area contributed by atoms with Gasteiger partial charge in [-0.25, -0.2) is 4.98 Å². The summed E-state index contributed by atoms with van der Waals surface area (Å²) >= 11 is 6.07. The molecule has 1 aromatic heterocycles. The molecule has 1 heterocycles. The molecule has 0 spiro atoms. The quantitative estimate of drug-likeness (QED) is 0.505. The fourth-order valence-corrected chi connectivity index (χ4v) is 3.24. The van der Waals surface area contributed by atoms with Gasteiger partial charge in [0.1, 0.15) is 0 Å². The molecule has 0 aliphatic heterocycles. The molecular formula is C24H24ClN5. The second kappa shape index (κ2) is 11.1. The molecule has 152 valence electrons. The second-order valence-corrected chi connectivity index (χ2v) is 7.36. The maximum absolute atomic E-state index is 8.95. The Bertz CT molecular complexity index is 1050. The fraction of sp³-hybridized carbons (Fsp3) is 0.250. The highest BCUT2D eigenvalue weighted by Gasteiger charge is 2.10. The number of anilines is 1. The maximum Gasteiger partial charge on any atom is 0.0991 e. The third-order valence-electron chi connectivity index (χ3n) is 4.71. The first kappa shape index (κ1) is 21.5. The van der Waals surface area contributed by atoms with Gasteiger partial charge >= 0.3 is 0 Å². The third-order valence-corrected chi connectivity index (χ3v) is 4.94. The molecule has 5 nitrogen and oxygen atoms in total. The zero-order valence-corrected chi connectivity index (χ0v) is 17.7. The standard InChI is InChI=1S/C24H24ClN5/c1-2-3-6-23(14-28-22-7-4-5-21(25)12-22)29-16-24-15-27-18-30(24)17-20-10-8-19(13-26)9-11-20/h4-5,7-12,15,18,23,28-29H,6,14,16-17H2,1H3. The minimum Gasteiger partial charge on any atom is -0.383 e. The summed E-state index contributed by atoms with van der Waals surface area (Å²) < 4.78 is 2.11. The van der Waals surface area contributed by atoms with Crippen molar-refractivity contribution in [3.8, 4) is 17.9 Å². The van der Waals surface area contributed by atoms with E-state index in [-0.39, 0.29) is 6.04 Å². The number of nitrogens with zero attached hydrogens (tertiary/aromatic N) is 3. The van der Waals surface area contributed by atoms with Crippen molar-refractivity contribution in [3.05, 3.63) is 82.9 Å². The van der Waals surface area contributed by atoms with E-state index in [0.29, 0.717) is 23.7 Å². The Kier molecular flexibility index (Phi) is 7.92. The van der Waals surface area contributed by atoms with Crippen LogP contribution in [-0.4, -0.2) is 22.1 Å². The molecule has 30 heavy (non-hydrogen) atoms. The van der Waals surface area contributed by atoms with Gasteiger partial charge in [-0.05, 0) is 42.8 Å². The average molecular weight is 418 g/mol. The van der Waals surface area contributed by atoms with Crippen LogP contribution in [0, 0.1) is 23.2 Å². The van der Waals surface area contributed by atoms with Crippen LogP contribution in [-0.2, 0) is 13.1 Å². The minimum atomic E-state index is 0.176. The van der Waals surface area contributed by atoms with Gasteiger partial charge in [-0.15, -0.1) is 11.8 Å². The number of hydrogen-bond acceptors (Lipinski definition) is 4. The Labute approximate surface area is 182 Å². The van der Waals surface area contributed by atoms with Crippen molar-refractivity contribution in [3.63, 3.8) is 0 Å². The van der Waals surface area contributed by atoms with Crippen LogP contribution >= 0.6 is 11.6 Å². The van der Waals surface area contributed by atoms with Crippen molar-refractivity contribution in [2.45, 2.75) is 32.5 Å². The van der Waals surface area contributed by atoms with Crippen molar-refractivity contribution in [2.24, 2.45) is 0 Å². The summed E-state index contributed by atoms with van der Waals surface area (Å²) in [5, 5.41) is 16.7. The summed E-state index contributed by atoms with van der Waals surface area (Å²) in [6.45, 7) is 3.99. The SMILES string of the molecule is CC#CCC(CNc1cccc(Cl)c1)NCc1cncn1Cc1ccc(C#N)cc1. The number of rotatable bonds is 9. The first-order valence-electron chi connectivity index (χ1n) is 9.78. The molecule has 1 atom stereocenters. The van der Waals surface area contributed by atoms with Gasteiger partial charge in [0.15, 0.2) is 0 Å². The van der Waals surface area contributed by atoms with Crippen molar-refractivity contribution in [1.29, 1.82) is 5.26 Å². The van der Waals surface area contributed by atoms with Crippen molar-refractivity contribution >= 4 is 17.3 Å². The lowest BCUT2D eigenvalue weighted by Crippen LogP contribution is -2.35. The molecule has 0 saturated carbocycles. The fourth-order valence-electron chi connectivity index (χ4n) is 3.05. The summed E-state index contributed by atoms with van der Waals surface area (Å²) in [4.78, 5) is 4.31. The number of nitrogens with one attached hydrogen (secondary N) is 2. The smallest absolute Gasteiger partial charge is 0.0991 e. The number of imidazole rings is 1. The molecule has 0 bridgehead atoms. The molecule has 3 rings (SSSR count). The molecule has 2 N–H and O–H groups in total. The molecule has 0 aliphatic carbocycles. The first-order valence-corrected chi connectivity index (χ1v) is 10.2. The van der Waals surface area contributed by atoms with Crippen molar-refractivity contribution in [1.82, 2.24) is 14.9 Å². The van der Waals surface area contributed by atoms with Crippen molar-refractivity contribution < 1.29 is 0 Å². The molecular weight excluding hydrogens is 394 g/mol. The lowest BCUT2D eigenvalue weighted by atomic mass is 10.1. The lowest BCUT2D eigenvalue weighted by Gasteiger charge is -2.19. The van der Waals surface area contributed by atoms with Gasteiger partial charge in [0, 0.05) is 49.0 Å². The van der Waals surface area contributed by atoms with Gasteiger partial charge < -0.3 is 15.2 Å². The number of halogens is 1. The summed E-state index contributed by atoms with van der Waals surface area (Å²) in [5.74, 6) is 6.14. The molecule has 0 saturated heterocycles. The zero-order valence-electron chi connectivity index (χ0n) is 16.9. The average Bonchev–Trinajstić information content (AvgIpc) is 3.20. The Balaban J connectivity index is 1.60.